The van der Waals surface area contributed by atoms with Gasteiger partial charge in [0.1, 0.15) is 5.76 Å². The second-order valence-electron chi connectivity index (χ2n) is 5.37. The molecule has 5 nitrogen and oxygen atoms in total. The Morgan fingerprint density at radius 1 is 0.885 bits per heavy atom. The molecule has 26 heavy (non-hydrogen) atoms. The van der Waals surface area contributed by atoms with Crippen molar-refractivity contribution in [1.29, 1.82) is 0 Å². The van der Waals surface area contributed by atoms with Crippen LogP contribution < -0.4 is 0 Å². The lowest BCUT2D eigenvalue weighted by Crippen LogP contribution is -2.10. The van der Waals surface area contributed by atoms with Crippen LogP contribution in [0.3, 0.4) is 0 Å². The number of nitrogens with zero attached hydrogens (tertiary/aromatic N) is 1. The summed E-state index contributed by atoms with van der Waals surface area (Å²) in [6.07, 6.45) is 2.44. The number of aromatic nitrogens is 1. The van der Waals surface area contributed by atoms with Gasteiger partial charge in [-0.3, -0.25) is 4.79 Å². The fourth-order valence-electron chi connectivity index (χ4n) is 2.40. The number of hydrogen-bond acceptors (Lipinski definition) is 4. The average molecular weight is 365 g/mol. The van der Waals surface area contributed by atoms with Gasteiger partial charge < -0.3 is 14.8 Å². The minimum Gasteiger partial charge on any atom is -0.506 e. The number of carboxylic acids is 1. The Bertz CT molecular complexity index is 976. The molecule has 6 heteroatoms. The third-order valence-corrected chi connectivity index (χ3v) is 4.56. The van der Waals surface area contributed by atoms with Gasteiger partial charge >= 0.3 is 5.97 Å². The largest absolute Gasteiger partial charge is 0.506 e. The number of carboxylic acid groups (broad SMARTS) is 1. The molecule has 0 saturated carbocycles. The summed E-state index contributed by atoms with van der Waals surface area (Å²) in [5, 5.41) is 18.8. The fraction of sp³-hybridized carbons (Fsp3) is 0. The summed E-state index contributed by atoms with van der Waals surface area (Å²) in [6, 6.07) is 21.0. The Morgan fingerprint density at radius 2 is 1.62 bits per heavy atom. The third-order valence-electron chi connectivity index (χ3n) is 3.56. The molecule has 3 rings (SSSR count). The van der Waals surface area contributed by atoms with E-state index >= 15 is 0 Å². The standard InChI is InChI=1S/C20H15NO4S/c22-18(13-19(23)20(24)25)17-10-5-11-21(17)14-6-4-9-16(12-14)26-15-7-2-1-3-8-15/h1-13,22H,(H,24,25). The molecule has 2 aromatic carbocycles. The van der Waals surface area contributed by atoms with E-state index in [0.29, 0.717) is 11.8 Å². The molecule has 0 aliphatic carbocycles. The Labute approximate surface area is 154 Å². The summed E-state index contributed by atoms with van der Waals surface area (Å²) in [4.78, 5) is 24.1. The van der Waals surface area contributed by atoms with E-state index in [1.165, 1.54) is 0 Å². The van der Waals surface area contributed by atoms with Crippen LogP contribution in [0.4, 0.5) is 0 Å². The highest BCUT2D eigenvalue weighted by Crippen LogP contribution is 2.29. The maximum Gasteiger partial charge on any atom is 0.376 e. The van der Waals surface area contributed by atoms with Gasteiger partial charge in [-0.15, -0.1) is 0 Å². The number of aliphatic hydroxyl groups is 1. The lowest BCUT2D eigenvalue weighted by molar-refractivity contribution is -0.146. The Balaban J connectivity index is 1.91. The van der Waals surface area contributed by atoms with Gasteiger partial charge in [-0.1, -0.05) is 36.0 Å². The number of benzene rings is 2. The number of rotatable bonds is 6. The molecule has 0 saturated heterocycles. The van der Waals surface area contributed by atoms with Crippen molar-refractivity contribution in [2.24, 2.45) is 0 Å². The second kappa shape index (κ2) is 7.76. The van der Waals surface area contributed by atoms with E-state index < -0.39 is 17.5 Å². The molecule has 0 fully saturated rings. The number of carbonyl (C=O) groups excluding carboxylic acids is 1. The average Bonchev–Trinajstić information content (AvgIpc) is 3.12. The zero-order valence-corrected chi connectivity index (χ0v) is 14.4. The first-order valence-electron chi connectivity index (χ1n) is 7.73. The van der Waals surface area contributed by atoms with Crippen LogP contribution in [0.5, 0.6) is 0 Å². The SMILES string of the molecule is O=C(O)C(=O)C=C(O)c1cccn1-c1cccc(Sc2ccccc2)c1. The lowest BCUT2D eigenvalue weighted by Gasteiger charge is -2.10. The maximum absolute atomic E-state index is 11.3. The molecule has 1 aromatic heterocycles. The molecule has 0 amide bonds. The van der Waals surface area contributed by atoms with Crippen molar-refractivity contribution < 1.29 is 19.8 Å². The monoisotopic (exact) mass is 365 g/mol. The highest BCUT2D eigenvalue weighted by Gasteiger charge is 2.13. The van der Waals surface area contributed by atoms with Gasteiger partial charge in [0, 0.05) is 27.8 Å². The number of hydrogen-bond donors (Lipinski definition) is 2. The summed E-state index contributed by atoms with van der Waals surface area (Å²) in [7, 11) is 0. The van der Waals surface area contributed by atoms with Gasteiger partial charge in [0.25, 0.3) is 5.78 Å². The van der Waals surface area contributed by atoms with Gasteiger partial charge in [0.2, 0.25) is 0 Å². The summed E-state index contributed by atoms with van der Waals surface area (Å²) >= 11 is 1.61. The summed E-state index contributed by atoms with van der Waals surface area (Å²) in [6.45, 7) is 0. The fourth-order valence-corrected chi connectivity index (χ4v) is 3.29. The first-order valence-corrected chi connectivity index (χ1v) is 8.55. The first-order chi connectivity index (χ1) is 12.5. The van der Waals surface area contributed by atoms with Gasteiger partial charge in [-0.25, -0.2) is 4.79 Å². The summed E-state index contributed by atoms with van der Waals surface area (Å²) in [5.41, 5.74) is 1.12. The number of aliphatic carboxylic acids is 1. The number of carbonyl (C=O) groups is 2. The summed E-state index contributed by atoms with van der Waals surface area (Å²) < 4.78 is 1.69. The van der Waals surface area contributed by atoms with E-state index in [1.54, 1.807) is 34.7 Å². The zero-order chi connectivity index (χ0) is 18.5. The van der Waals surface area contributed by atoms with Gasteiger partial charge in [0.15, 0.2) is 0 Å². The van der Waals surface area contributed by atoms with Crippen LogP contribution in [0.25, 0.3) is 11.4 Å². The van der Waals surface area contributed by atoms with Crippen LogP contribution >= 0.6 is 11.8 Å². The molecule has 3 aromatic rings. The molecule has 1 heterocycles. The van der Waals surface area contributed by atoms with Gasteiger partial charge in [0.05, 0.1) is 5.69 Å². The van der Waals surface area contributed by atoms with Gasteiger partial charge in [-0.05, 0) is 42.5 Å². The van der Waals surface area contributed by atoms with E-state index in [0.717, 1.165) is 15.5 Å². The molecule has 0 spiro atoms. The highest BCUT2D eigenvalue weighted by atomic mass is 32.2. The molecule has 2 N–H and O–H groups in total. The zero-order valence-electron chi connectivity index (χ0n) is 13.6. The molecule has 0 radical (unpaired) electrons. The van der Waals surface area contributed by atoms with E-state index in [2.05, 4.69) is 0 Å². The van der Waals surface area contributed by atoms with Crippen LogP contribution in [-0.4, -0.2) is 26.5 Å². The topological polar surface area (TPSA) is 79.5 Å². The second-order valence-corrected chi connectivity index (χ2v) is 6.52. The Kier molecular flexibility index (Phi) is 5.24. The predicted molar refractivity (Wildman–Crippen MR) is 99.6 cm³/mol. The van der Waals surface area contributed by atoms with E-state index in [4.69, 9.17) is 5.11 Å². The highest BCUT2D eigenvalue weighted by molar-refractivity contribution is 7.99. The minimum absolute atomic E-state index is 0.335. The van der Waals surface area contributed by atoms with Crippen molar-refractivity contribution in [2.45, 2.75) is 9.79 Å². The molecule has 130 valence electrons. The molecule has 0 aliphatic rings. The van der Waals surface area contributed by atoms with Gasteiger partial charge in [-0.2, -0.15) is 0 Å². The van der Waals surface area contributed by atoms with Crippen LogP contribution in [0.15, 0.2) is 88.8 Å². The van der Waals surface area contributed by atoms with Crippen molar-refractivity contribution in [3.8, 4) is 5.69 Å². The van der Waals surface area contributed by atoms with Crippen molar-refractivity contribution in [3.05, 3.63) is 84.7 Å². The summed E-state index contributed by atoms with van der Waals surface area (Å²) in [5.74, 6) is -3.19. The Hall–Kier alpha value is -3.25. The number of ketones is 1. The predicted octanol–water partition coefficient (Wildman–Crippen LogP) is 4.18. The molecule has 0 bridgehead atoms. The number of aliphatic hydroxyl groups excluding tert-OH is 1. The normalized spacial score (nSPS) is 11.3. The van der Waals surface area contributed by atoms with Crippen LogP contribution in [0.2, 0.25) is 0 Å². The molecular weight excluding hydrogens is 350 g/mol. The molecular formula is C20H15NO4S. The van der Waals surface area contributed by atoms with Crippen molar-refractivity contribution in [1.82, 2.24) is 4.57 Å². The van der Waals surface area contributed by atoms with Crippen molar-refractivity contribution >= 4 is 29.3 Å². The van der Waals surface area contributed by atoms with Crippen molar-refractivity contribution in [2.75, 3.05) is 0 Å². The lowest BCUT2D eigenvalue weighted by atomic mass is 10.2. The van der Waals surface area contributed by atoms with Crippen LogP contribution in [0.1, 0.15) is 5.69 Å². The molecule has 0 aliphatic heterocycles. The third kappa shape index (κ3) is 4.04. The molecule has 0 unspecified atom stereocenters. The Morgan fingerprint density at radius 3 is 2.35 bits per heavy atom. The molecule has 0 atom stereocenters. The minimum atomic E-state index is -1.61. The first kappa shape index (κ1) is 17.6. The quantitative estimate of drug-likeness (QED) is 0.389. The maximum atomic E-state index is 11.3. The van der Waals surface area contributed by atoms with E-state index in [-0.39, 0.29) is 0 Å². The van der Waals surface area contributed by atoms with E-state index in [9.17, 15) is 14.7 Å². The van der Waals surface area contributed by atoms with Crippen LogP contribution in [-0.2, 0) is 9.59 Å². The van der Waals surface area contributed by atoms with Crippen molar-refractivity contribution in [3.63, 3.8) is 0 Å². The van der Waals surface area contributed by atoms with E-state index in [1.807, 2.05) is 54.6 Å². The smallest absolute Gasteiger partial charge is 0.376 e. The van der Waals surface area contributed by atoms with Crippen LogP contribution in [0, 0.1) is 0 Å².